The van der Waals surface area contributed by atoms with Gasteiger partial charge in [0, 0.05) is 32.2 Å². The number of rotatable bonds is 1. The van der Waals surface area contributed by atoms with E-state index in [-0.39, 0.29) is 0 Å². The highest BCUT2D eigenvalue weighted by Gasteiger charge is 2.17. The fourth-order valence-electron chi connectivity index (χ4n) is 1.98. The number of fused-ring (bicyclic) bond motifs is 1. The van der Waals surface area contributed by atoms with Crippen LogP contribution in [-0.2, 0) is 0 Å². The van der Waals surface area contributed by atoms with Crippen molar-refractivity contribution in [2.45, 2.75) is 0 Å². The summed E-state index contributed by atoms with van der Waals surface area (Å²) < 4.78 is 0. The van der Waals surface area contributed by atoms with E-state index in [0.29, 0.717) is 21.8 Å². The summed E-state index contributed by atoms with van der Waals surface area (Å²) >= 11 is 0. The molecular formula is C11H13N5O. The number of anilines is 1. The van der Waals surface area contributed by atoms with Crippen molar-refractivity contribution >= 4 is 17.0 Å². The molecule has 1 saturated heterocycles. The van der Waals surface area contributed by atoms with Gasteiger partial charge in [0.25, 0.3) is 11.5 Å². The molecule has 1 aromatic heterocycles. The summed E-state index contributed by atoms with van der Waals surface area (Å²) in [6.45, 7) is 3.46. The molecule has 17 heavy (non-hydrogen) atoms. The second-order valence-electron chi connectivity index (χ2n) is 4.01. The molecule has 0 spiro atoms. The molecule has 88 valence electrons. The maximum Gasteiger partial charge on any atom is 0.293 e. The van der Waals surface area contributed by atoms with Gasteiger partial charge in [0.05, 0.1) is 5.10 Å². The Bertz CT molecular complexity index is 538. The van der Waals surface area contributed by atoms with Crippen molar-refractivity contribution in [3.8, 4) is 0 Å². The number of nitrogens with zero attached hydrogens (tertiary/aromatic N) is 4. The van der Waals surface area contributed by atoms with Gasteiger partial charge in [-0.05, 0) is 10.9 Å². The monoisotopic (exact) mass is 231 g/mol. The van der Waals surface area contributed by atoms with Crippen LogP contribution in [0.1, 0.15) is 0 Å². The van der Waals surface area contributed by atoms with Gasteiger partial charge in [0.15, 0.2) is 0 Å². The third-order valence-electron chi connectivity index (χ3n) is 2.89. The molecule has 1 aliphatic heterocycles. The summed E-state index contributed by atoms with van der Waals surface area (Å²) in [5.74, 6) is 0.514. The molecule has 0 radical (unpaired) electrons. The van der Waals surface area contributed by atoms with Crippen LogP contribution in [0.2, 0.25) is 0 Å². The van der Waals surface area contributed by atoms with Gasteiger partial charge >= 0.3 is 0 Å². The molecule has 1 N–H and O–H groups in total. The van der Waals surface area contributed by atoms with Crippen LogP contribution in [0.5, 0.6) is 0 Å². The zero-order chi connectivity index (χ0) is 11.7. The first kappa shape index (κ1) is 10.2. The van der Waals surface area contributed by atoms with Gasteiger partial charge in [-0.1, -0.05) is 12.1 Å². The average Bonchev–Trinajstić information content (AvgIpc) is 2.40. The van der Waals surface area contributed by atoms with E-state index in [4.69, 9.17) is 0 Å². The Morgan fingerprint density at radius 1 is 1.24 bits per heavy atom. The van der Waals surface area contributed by atoms with E-state index in [1.807, 2.05) is 23.1 Å². The molecule has 1 aromatic carbocycles. The first-order valence-corrected chi connectivity index (χ1v) is 5.67. The third-order valence-corrected chi connectivity index (χ3v) is 2.89. The SMILES string of the molecule is [O-][n+]1nc(N2CCNCC2)nc2ccccc21. The summed E-state index contributed by atoms with van der Waals surface area (Å²) in [6.07, 6.45) is 0. The molecule has 2 aromatic rings. The number of piperazine rings is 1. The summed E-state index contributed by atoms with van der Waals surface area (Å²) in [5.41, 5.74) is 1.19. The largest absolute Gasteiger partial charge is 0.594 e. The van der Waals surface area contributed by atoms with Gasteiger partial charge in [-0.25, -0.2) is 4.98 Å². The van der Waals surface area contributed by atoms with E-state index < -0.39 is 0 Å². The first-order valence-electron chi connectivity index (χ1n) is 5.67. The lowest BCUT2D eigenvalue weighted by atomic mass is 10.3. The molecular weight excluding hydrogens is 218 g/mol. The quantitative estimate of drug-likeness (QED) is 0.538. The number of nitrogens with one attached hydrogen (secondary N) is 1. The number of para-hydroxylation sites is 2. The molecule has 0 bridgehead atoms. The van der Waals surface area contributed by atoms with Crippen LogP contribution in [-0.4, -0.2) is 36.3 Å². The third kappa shape index (κ3) is 1.87. The zero-order valence-electron chi connectivity index (χ0n) is 9.33. The van der Waals surface area contributed by atoms with Gasteiger partial charge < -0.3 is 15.4 Å². The Kier molecular flexibility index (Phi) is 2.49. The van der Waals surface area contributed by atoms with E-state index in [9.17, 15) is 5.21 Å². The van der Waals surface area contributed by atoms with Crippen LogP contribution in [0.4, 0.5) is 5.95 Å². The van der Waals surface area contributed by atoms with E-state index in [1.54, 1.807) is 6.07 Å². The smallest absolute Gasteiger partial charge is 0.293 e. The lowest BCUT2D eigenvalue weighted by Crippen LogP contribution is -2.46. The molecule has 0 aliphatic carbocycles. The highest BCUT2D eigenvalue weighted by molar-refractivity contribution is 5.71. The van der Waals surface area contributed by atoms with Crippen molar-refractivity contribution in [1.29, 1.82) is 0 Å². The standard InChI is InChI=1S/C11H13N5O/c17-16-10-4-2-1-3-9(10)13-11(14-16)15-7-5-12-6-8-15/h1-4,12H,5-8H2. The lowest BCUT2D eigenvalue weighted by molar-refractivity contribution is -0.641. The number of hydrogen-bond acceptors (Lipinski definition) is 5. The number of aromatic nitrogens is 3. The van der Waals surface area contributed by atoms with Crippen molar-refractivity contribution in [2.24, 2.45) is 0 Å². The summed E-state index contributed by atoms with van der Waals surface area (Å²) in [7, 11) is 0. The van der Waals surface area contributed by atoms with Crippen molar-refractivity contribution in [3.05, 3.63) is 29.5 Å². The fraction of sp³-hybridized carbons (Fsp3) is 0.364. The van der Waals surface area contributed by atoms with Crippen molar-refractivity contribution in [2.75, 3.05) is 31.1 Å². The predicted octanol–water partition coefficient (Wildman–Crippen LogP) is -0.327. The highest BCUT2D eigenvalue weighted by Crippen LogP contribution is 2.11. The van der Waals surface area contributed by atoms with Gasteiger partial charge in [-0.15, -0.1) is 0 Å². The molecule has 3 rings (SSSR count). The Hall–Kier alpha value is -1.95. The second-order valence-corrected chi connectivity index (χ2v) is 4.01. The highest BCUT2D eigenvalue weighted by atomic mass is 16.5. The lowest BCUT2D eigenvalue weighted by Gasteiger charge is -2.26. The van der Waals surface area contributed by atoms with Crippen molar-refractivity contribution in [1.82, 2.24) is 15.4 Å². The van der Waals surface area contributed by atoms with Crippen LogP contribution in [0.25, 0.3) is 11.0 Å². The fourth-order valence-corrected chi connectivity index (χ4v) is 1.98. The normalized spacial score (nSPS) is 16.4. The van der Waals surface area contributed by atoms with E-state index in [2.05, 4.69) is 15.4 Å². The topological polar surface area (TPSA) is 68.0 Å². The maximum absolute atomic E-state index is 11.8. The number of hydrogen-bond donors (Lipinski definition) is 1. The minimum Gasteiger partial charge on any atom is -0.594 e. The number of benzene rings is 1. The van der Waals surface area contributed by atoms with Crippen LogP contribution in [0.15, 0.2) is 24.3 Å². The molecule has 6 heteroatoms. The molecule has 0 unspecified atom stereocenters. The molecule has 6 nitrogen and oxygen atoms in total. The van der Waals surface area contributed by atoms with E-state index in [1.165, 1.54) is 0 Å². The van der Waals surface area contributed by atoms with Crippen LogP contribution in [0.3, 0.4) is 0 Å². The molecule has 2 heterocycles. The Labute approximate surface area is 98.5 Å². The maximum atomic E-state index is 11.8. The van der Waals surface area contributed by atoms with E-state index in [0.717, 1.165) is 26.2 Å². The summed E-state index contributed by atoms with van der Waals surface area (Å²) in [5, 5.41) is 19.0. The molecule has 0 saturated carbocycles. The first-order chi connectivity index (χ1) is 8.34. The van der Waals surface area contributed by atoms with Crippen LogP contribution < -0.4 is 15.1 Å². The second kappa shape index (κ2) is 4.14. The van der Waals surface area contributed by atoms with Gasteiger partial charge in [-0.2, -0.15) is 0 Å². The van der Waals surface area contributed by atoms with E-state index >= 15 is 0 Å². The Morgan fingerprint density at radius 3 is 2.82 bits per heavy atom. The molecule has 1 aliphatic rings. The van der Waals surface area contributed by atoms with Gasteiger partial charge in [-0.3, -0.25) is 0 Å². The zero-order valence-corrected chi connectivity index (χ0v) is 9.33. The Balaban J connectivity index is 2.05. The minimum absolute atomic E-state index is 0.506. The molecule has 0 amide bonds. The summed E-state index contributed by atoms with van der Waals surface area (Å²) in [6, 6.07) is 7.24. The van der Waals surface area contributed by atoms with Crippen LogP contribution in [0, 0.1) is 5.21 Å². The van der Waals surface area contributed by atoms with Crippen molar-refractivity contribution in [3.63, 3.8) is 0 Å². The summed E-state index contributed by atoms with van der Waals surface area (Å²) in [4.78, 5) is 7.10. The molecule has 0 atom stereocenters. The van der Waals surface area contributed by atoms with Gasteiger partial charge in [0.2, 0.25) is 0 Å². The minimum atomic E-state index is 0.506. The predicted molar refractivity (Wildman–Crippen MR) is 63.6 cm³/mol. The van der Waals surface area contributed by atoms with Gasteiger partial charge in [0.1, 0.15) is 5.52 Å². The van der Waals surface area contributed by atoms with Crippen molar-refractivity contribution < 1.29 is 4.85 Å². The Morgan fingerprint density at radius 2 is 2.00 bits per heavy atom. The molecule has 1 fully saturated rings. The average molecular weight is 231 g/mol. The van der Waals surface area contributed by atoms with Crippen LogP contribution >= 0.6 is 0 Å².